The number of nitrogens with zero attached hydrogens (tertiary/aromatic N) is 1. The van der Waals surface area contributed by atoms with Gasteiger partial charge in [-0.2, -0.15) is 0 Å². The first kappa shape index (κ1) is 17.0. The van der Waals surface area contributed by atoms with E-state index in [9.17, 15) is 14.4 Å². The molecule has 2 aliphatic rings. The molecule has 3 amide bonds. The van der Waals surface area contributed by atoms with Crippen LogP contribution in [0.4, 0.5) is 0 Å². The number of thioether (sulfide) groups is 1. The maximum absolute atomic E-state index is 12.7. The molecule has 0 bridgehead atoms. The number of hydrogen-bond acceptors (Lipinski definition) is 4. The molecule has 0 aliphatic carbocycles. The monoisotopic (exact) mass is 346 g/mol. The molecule has 128 valence electrons. The summed E-state index contributed by atoms with van der Waals surface area (Å²) in [5.74, 6) is 0.323. The molecule has 5 nitrogen and oxygen atoms in total. The van der Waals surface area contributed by atoms with Crippen molar-refractivity contribution in [2.45, 2.75) is 56.5 Å². The summed E-state index contributed by atoms with van der Waals surface area (Å²) in [6.45, 7) is 2.64. The maximum Gasteiger partial charge on any atom is 0.255 e. The van der Waals surface area contributed by atoms with Crippen molar-refractivity contribution in [1.29, 1.82) is 0 Å². The average Bonchev–Trinajstić information content (AvgIpc) is 2.89. The minimum absolute atomic E-state index is 0.101. The fourth-order valence-corrected chi connectivity index (χ4v) is 4.32. The van der Waals surface area contributed by atoms with E-state index in [1.807, 2.05) is 12.1 Å². The van der Waals surface area contributed by atoms with Crippen molar-refractivity contribution >= 4 is 29.5 Å². The third-order valence-corrected chi connectivity index (χ3v) is 5.73. The molecule has 1 aromatic carbocycles. The largest absolute Gasteiger partial charge is 0.322 e. The van der Waals surface area contributed by atoms with E-state index in [1.165, 1.54) is 12.8 Å². The number of rotatable bonds is 6. The molecule has 1 fully saturated rings. The lowest BCUT2D eigenvalue weighted by Crippen LogP contribution is -2.52. The number of piperidine rings is 1. The molecule has 0 radical (unpaired) electrons. The Balaban J connectivity index is 1.75. The van der Waals surface area contributed by atoms with Crippen molar-refractivity contribution in [3.8, 4) is 0 Å². The van der Waals surface area contributed by atoms with Gasteiger partial charge in [-0.1, -0.05) is 25.8 Å². The Kier molecular flexibility index (Phi) is 5.23. The molecule has 2 aliphatic heterocycles. The maximum atomic E-state index is 12.7. The van der Waals surface area contributed by atoms with Gasteiger partial charge in [-0.15, -0.1) is 11.8 Å². The Morgan fingerprint density at radius 3 is 2.83 bits per heavy atom. The SMILES string of the molecule is CCCCCSc1cccc2c1CN(C1CCC(=O)NC1=O)C2=O. The van der Waals surface area contributed by atoms with E-state index in [0.29, 0.717) is 18.5 Å². The summed E-state index contributed by atoms with van der Waals surface area (Å²) in [5, 5.41) is 2.34. The first-order valence-corrected chi connectivity index (χ1v) is 9.49. The van der Waals surface area contributed by atoms with Crippen molar-refractivity contribution in [1.82, 2.24) is 10.2 Å². The van der Waals surface area contributed by atoms with Gasteiger partial charge in [0.1, 0.15) is 6.04 Å². The molecule has 2 heterocycles. The van der Waals surface area contributed by atoms with E-state index in [1.54, 1.807) is 16.7 Å². The highest BCUT2D eigenvalue weighted by atomic mass is 32.2. The Morgan fingerprint density at radius 2 is 2.08 bits per heavy atom. The lowest BCUT2D eigenvalue weighted by molar-refractivity contribution is -0.136. The molecule has 24 heavy (non-hydrogen) atoms. The molecule has 0 aromatic heterocycles. The molecule has 6 heteroatoms. The van der Waals surface area contributed by atoms with Crippen LogP contribution in [-0.4, -0.2) is 34.4 Å². The fraction of sp³-hybridized carbons (Fsp3) is 0.500. The van der Waals surface area contributed by atoms with Gasteiger partial charge >= 0.3 is 0 Å². The Labute approximate surface area is 146 Å². The van der Waals surface area contributed by atoms with Gasteiger partial charge in [-0.05, 0) is 36.3 Å². The van der Waals surface area contributed by atoms with Crippen LogP contribution in [0.2, 0.25) is 0 Å². The van der Waals surface area contributed by atoms with E-state index in [-0.39, 0.29) is 24.1 Å². The molecule has 1 N–H and O–H groups in total. The summed E-state index contributed by atoms with van der Waals surface area (Å²) in [6, 6.07) is 5.25. The van der Waals surface area contributed by atoms with Crippen molar-refractivity contribution in [3.63, 3.8) is 0 Å². The van der Waals surface area contributed by atoms with E-state index in [4.69, 9.17) is 0 Å². The fourth-order valence-electron chi connectivity index (χ4n) is 3.23. The van der Waals surface area contributed by atoms with Crippen LogP contribution in [0.15, 0.2) is 23.1 Å². The lowest BCUT2D eigenvalue weighted by atomic mass is 10.0. The molecule has 1 saturated heterocycles. The van der Waals surface area contributed by atoms with Crippen LogP contribution in [0, 0.1) is 0 Å². The Hall–Kier alpha value is -1.82. The van der Waals surface area contributed by atoms with E-state index < -0.39 is 6.04 Å². The quantitative estimate of drug-likeness (QED) is 0.489. The second kappa shape index (κ2) is 7.38. The number of imide groups is 1. The summed E-state index contributed by atoms with van der Waals surface area (Å²) in [4.78, 5) is 38.9. The van der Waals surface area contributed by atoms with Crippen molar-refractivity contribution in [3.05, 3.63) is 29.3 Å². The number of unbranched alkanes of at least 4 members (excludes halogenated alkanes) is 2. The number of fused-ring (bicyclic) bond motifs is 1. The zero-order valence-electron chi connectivity index (χ0n) is 13.8. The van der Waals surface area contributed by atoms with Gasteiger partial charge < -0.3 is 4.90 Å². The zero-order chi connectivity index (χ0) is 17.1. The smallest absolute Gasteiger partial charge is 0.255 e. The highest BCUT2D eigenvalue weighted by molar-refractivity contribution is 7.99. The standard InChI is InChI=1S/C18H22N2O3S/c1-2-3-4-10-24-15-7-5-6-12-13(15)11-20(18(12)23)14-8-9-16(21)19-17(14)22/h5-7,14H,2-4,8-11H2,1H3,(H,19,21,22). The van der Waals surface area contributed by atoms with E-state index >= 15 is 0 Å². The molecule has 1 atom stereocenters. The molecule has 0 spiro atoms. The van der Waals surface area contributed by atoms with Crippen LogP contribution in [0.1, 0.15) is 54.9 Å². The number of nitrogens with one attached hydrogen (secondary N) is 1. The van der Waals surface area contributed by atoms with Crippen LogP contribution >= 0.6 is 11.8 Å². The number of carbonyl (C=O) groups excluding carboxylic acids is 3. The van der Waals surface area contributed by atoms with Crippen molar-refractivity contribution in [2.75, 3.05) is 5.75 Å². The summed E-state index contributed by atoms with van der Waals surface area (Å²) in [6.07, 6.45) is 4.26. The van der Waals surface area contributed by atoms with Crippen LogP contribution in [0.5, 0.6) is 0 Å². The Bertz CT molecular complexity index is 674. The van der Waals surface area contributed by atoms with Gasteiger partial charge in [-0.3, -0.25) is 19.7 Å². The summed E-state index contributed by atoms with van der Waals surface area (Å²) in [7, 11) is 0. The number of benzene rings is 1. The minimum atomic E-state index is -0.541. The lowest BCUT2D eigenvalue weighted by Gasteiger charge is -2.29. The normalized spacial score (nSPS) is 20.3. The topological polar surface area (TPSA) is 66.5 Å². The van der Waals surface area contributed by atoms with Gasteiger partial charge in [0.15, 0.2) is 0 Å². The van der Waals surface area contributed by atoms with Crippen molar-refractivity contribution < 1.29 is 14.4 Å². The number of amides is 3. The van der Waals surface area contributed by atoms with Crippen LogP contribution < -0.4 is 5.32 Å². The average molecular weight is 346 g/mol. The van der Waals surface area contributed by atoms with Gasteiger partial charge in [-0.25, -0.2) is 0 Å². The number of hydrogen-bond donors (Lipinski definition) is 1. The van der Waals surface area contributed by atoms with Gasteiger partial charge in [0.25, 0.3) is 5.91 Å². The molecule has 1 unspecified atom stereocenters. The number of carbonyl (C=O) groups is 3. The van der Waals surface area contributed by atoms with Crippen LogP contribution in [-0.2, 0) is 16.1 Å². The van der Waals surface area contributed by atoms with Gasteiger partial charge in [0, 0.05) is 23.4 Å². The second-order valence-electron chi connectivity index (χ2n) is 6.24. The Morgan fingerprint density at radius 1 is 1.25 bits per heavy atom. The third-order valence-electron chi connectivity index (χ3n) is 4.54. The third kappa shape index (κ3) is 3.34. The highest BCUT2D eigenvalue weighted by Gasteiger charge is 2.39. The molecular weight excluding hydrogens is 324 g/mol. The molecule has 3 rings (SSSR count). The van der Waals surface area contributed by atoms with Crippen LogP contribution in [0.3, 0.4) is 0 Å². The molecule has 0 saturated carbocycles. The predicted octanol–water partition coefficient (Wildman–Crippen LogP) is 2.73. The second-order valence-corrected chi connectivity index (χ2v) is 7.37. The molecule has 1 aromatic rings. The van der Waals surface area contributed by atoms with E-state index in [2.05, 4.69) is 18.3 Å². The zero-order valence-corrected chi connectivity index (χ0v) is 14.7. The first-order chi connectivity index (χ1) is 11.6. The van der Waals surface area contributed by atoms with E-state index in [0.717, 1.165) is 22.6 Å². The summed E-state index contributed by atoms with van der Waals surface area (Å²) < 4.78 is 0. The molecular formula is C18H22N2O3S. The van der Waals surface area contributed by atoms with Gasteiger partial charge in [0.05, 0.1) is 0 Å². The summed E-state index contributed by atoms with van der Waals surface area (Å²) >= 11 is 1.78. The highest BCUT2D eigenvalue weighted by Crippen LogP contribution is 2.34. The minimum Gasteiger partial charge on any atom is -0.322 e. The first-order valence-electron chi connectivity index (χ1n) is 8.51. The van der Waals surface area contributed by atoms with Crippen LogP contribution in [0.25, 0.3) is 0 Å². The summed E-state index contributed by atoms with van der Waals surface area (Å²) in [5.41, 5.74) is 1.72. The van der Waals surface area contributed by atoms with Gasteiger partial charge in [0.2, 0.25) is 11.8 Å². The van der Waals surface area contributed by atoms with Crippen molar-refractivity contribution in [2.24, 2.45) is 0 Å². The predicted molar refractivity (Wildman–Crippen MR) is 92.7 cm³/mol.